The monoisotopic (exact) mass is 302 g/mol. The normalized spacial score (nSPS) is 11.3. The third kappa shape index (κ3) is 4.69. The summed E-state index contributed by atoms with van der Waals surface area (Å²) in [5, 5.41) is 1.32. The van der Waals surface area contributed by atoms with Gasteiger partial charge >= 0.3 is 0 Å². The van der Waals surface area contributed by atoms with E-state index in [0.717, 1.165) is 11.1 Å². The highest BCUT2D eigenvalue weighted by atomic mass is 35.5. The number of hydrogen-bond acceptors (Lipinski definition) is 1. The van der Waals surface area contributed by atoms with E-state index in [1.54, 1.807) is 36.4 Å². The standard InChI is InChI=1S/C17H12Cl2O/c18-15-8-4-13(5-9-15)6-10-17(20)11-7-14-2-1-3-16(19)12-14/h1-12H/b10-6+,11-7+. The Kier molecular flexibility index (Phi) is 5.16. The molecule has 2 aromatic rings. The largest absolute Gasteiger partial charge is 0.290 e. The second-order valence-electron chi connectivity index (χ2n) is 4.18. The lowest BCUT2D eigenvalue weighted by Gasteiger charge is -1.94. The van der Waals surface area contributed by atoms with Crippen molar-refractivity contribution in [3.8, 4) is 0 Å². The summed E-state index contributed by atoms with van der Waals surface area (Å²) in [5.41, 5.74) is 1.82. The maximum Gasteiger partial charge on any atom is 0.178 e. The van der Waals surface area contributed by atoms with Gasteiger partial charge < -0.3 is 0 Å². The van der Waals surface area contributed by atoms with Gasteiger partial charge in [-0.1, -0.05) is 59.6 Å². The molecule has 0 spiro atoms. The van der Waals surface area contributed by atoms with Gasteiger partial charge in [0.05, 0.1) is 0 Å². The summed E-state index contributed by atoms with van der Waals surface area (Å²) < 4.78 is 0. The van der Waals surface area contributed by atoms with Gasteiger partial charge in [0.2, 0.25) is 0 Å². The molecule has 0 aliphatic carbocycles. The minimum absolute atomic E-state index is 0.0834. The van der Waals surface area contributed by atoms with Gasteiger partial charge in [-0.05, 0) is 47.5 Å². The number of benzene rings is 2. The quantitative estimate of drug-likeness (QED) is 0.701. The van der Waals surface area contributed by atoms with E-state index in [-0.39, 0.29) is 5.78 Å². The molecule has 0 saturated heterocycles. The second kappa shape index (κ2) is 7.09. The number of ketones is 1. The Bertz CT molecular complexity index is 655. The highest BCUT2D eigenvalue weighted by Gasteiger charge is 1.93. The first-order valence-electron chi connectivity index (χ1n) is 6.05. The van der Waals surface area contributed by atoms with Crippen LogP contribution in [0.25, 0.3) is 12.2 Å². The lowest BCUT2D eigenvalue weighted by atomic mass is 10.1. The first kappa shape index (κ1) is 14.6. The highest BCUT2D eigenvalue weighted by Crippen LogP contribution is 2.12. The third-order valence-electron chi connectivity index (χ3n) is 2.60. The predicted octanol–water partition coefficient (Wildman–Crippen LogP) is 5.29. The Hall–Kier alpha value is -1.83. The SMILES string of the molecule is O=C(/C=C/c1ccc(Cl)cc1)/C=C/c1cccc(Cl)c1. The van der Waals surface area contributed by atoms with Crippen molar-refractivity contribution in [1.82, 2.24) is 0 Å². The average Bonchev–Trinajstić information content (AvgIpc) is 2.45. The van der Waals surface area contributed by atoms with E-state index in [9.17, 15) is 4.79 Å². The molecule has 0 amide bonds. The molecule has 0 bridgehead atoms. The molecule has 0 unspecified atom stereocenters. The zero-order valence-electron chi connectivity index (χ0n) is 10.6. The van der Waals surface area contributed by atoms with Crippen molar-refractivity contribution >= 4 is 41.1 Å². The fraction of sp³-hybridized carbons (Fsp3) is 0. The zero-order valence-corrected chi connectivity index (χ0v) is 12.1. The van der Waals surface area contributed by atoms with E-state index in [1.807, 2.05) is 24.3 Å². The molecule has 0 fully saturated rings. The van der Waals surface area contributed by atoms with E-state index in [1.165, 1.54) is 12.2 Å². The van der Waals surface area contributed by atoms with Crippen molar-refractivity contribution in [2.24, 2.45) is 0 Å². The van der Waals surface area contributed by atoms with Crippen molar-refractivity contribution in [3.05, 3.63) is 81.9 Å². The van der Waals surface area contributed by atoms with Gasteiger partial charge in [-0.15, -0.1) is 0 Å². The van der Waals surface area contributed by atoms with Crippen molar-refractivity contribution in [3.63, 3.8) is 0 Å². The molecule has 0 saturated carbocycles. The zero-order chi connectivity index (χ0) is 14.4. The summed E-state index contributed by atoms with van der Waals surface area (Å²) in [5.74, 6) is -0.0834. The molecule has 0 aliphatic heterocycles. The maximum absolute atomic E-state index is 11.7. The summed E-state index contributed by atoms with van der Waals surface area (Å²) in [6, 6.07) is 14.6. The van der Waals surface area contributed by atoms with Gasteiger partial charge in [-0.25, -0.2) is 0 Å². The first-order valence-corrected chi connectivity index (χ1v) is 6.80. The van der Waals surface area contributed by atoms with Crippen LogP contribution in [-0.4, -0.2) is 5.78 Å². The number of allylic oxidation sites excluding steroid dienone is 2. The highest BCUT2D eigenvalue weighted by molar-refractivity contribution is 6.31. The lowest BCUT2D eigenvalue weighted by Crippen LogP contribution is -1.84. The van der Waals surface area contributed by atoms with Crippen LogP contribution in [-0.2, 0) is 4.79 Å². The van der Waals surface area contributed by atoms with Crippen LogP contribution in [0.2, 0.25) is 10.0 Å². The number of carbonyl (C=O) groups excluding carboxylic acids is 1. The van der Waals surface area contributed by atoms with E-state index >= 15 is 0 Å². The van der Waals surface area contributed by atoms with Gasteiger partial charge in [-0.2, -0.15) is 0 Å². The molecule has 0 N–H and O–H groups in total. The van der Waals surface area contributed by atoms with Crippen LogP contribution in [0.15, 0.2) is 60.7 Å². The molecule has 2 aromatic carbocycles. The van der Waals surface area contributed by atoms with Crippen LogP contribution in [0.5, 0.6) is 0 Å². The summed E-state index contributed by atoms with van der Waals surface area (Å²) in [6.45, 7) is 0. The summed E-state index contributed by atoms with van der Waals surface area (Å²) in [7, 11) is 0. The van der Waals surface area contributed by atoms with Crippen LogP contribution in [0.3, 0.4) is 0 Å². The molecular formula is C17H12Cl2O. The molecule has 20 heavy (non-hydrogen) atoms. The third-order valence-corrected chi connectivity index (χ3v) is 3.09. The number of halogens is 2. The van der Waals surface area contributed by atoms with E-state index < -0.39 is 0 Å². The van der Waals surface area contributed by atoms with Gasteiger partial charge in [-0.3, -0.25) is 4.79 Å². The number of rotatable bonds is 4. The molecule has 1 nitrogen and oxygen atoms in total. The molecular weight excluding hydrogens is 291 g/mol. The Morgan fingerprint density at radius 2 is 1.45 bits per heavy atom. The maximum atomic E-state index is 11.7. The average molecular weight is 303 g/mol. The van der Waals surface area contributed by atoms with Crippen LogP contribution in [0, 0.1) is 0 Å². The Morgan fingerprint density at radius 1 is 0.800 bits per heavy atom. The second-order valence-corrected chi connectivity index (χ2v) is 5.05. The Labute approximate surface area is 128 Å². The Morgan fingerprint density at radius 3 is 2.10 bits per heavy atom. The number of hydrogen-bond donors (Lipinski definition) is 0. The molecule has 100 valence electrons. The molecule has 0 aromatic heterocycles. The summed E-state index contributed by atoms with van der Waals surface area (Å²) in [4.78, 5) is 11.7. The van der Waals surface area contributed by atoms with Gasteiger partial charge in [0.25, 0.3) is 0 Å². The molecule has 0 radical (unpaired) electrons. The molecule has 0 atom stereocenters. The minimum Gasteiger partial charge on any atom is -0.290 e. The fourth-order valence-electron chi connectivity index (χ4n) is 1.60. The molecule has 3 heteroatoms. The summed E-state index contributed by atoms with van der Waals surface area (Å²) in [6.07, 6.45) is 6.52. The van der Waals surface area contributed by atoms with Gasteiger partial charge in [0.1, 0.15) is 0 Å². The predicted molar refractivity (Wildman–Crippen MR) is 86.0 cm³/mol. The number of carbonyl (C=O) groups is 1. The van der Waals surface area contributed by atoms with E-state index in [4.69, 9.17) is 23.2 Å². The van der Waals surface area contributed by atoms with Crippen LogP contribution >= 0.6 is 23.2 Å². The minimum atomic E-state index is -0.0834. The van der Waals surface area contributed by atoms with E-state index in [2.05, 4.69) is 0 Å². The summed E-state index contributed by atoms with van der Waals surface area (Å²) >= 11 is 11.7. The fourth-order valence-corrected chi connectivity index (χ4v) is 1.92. The Balaban J connectivity index is 2.00. The van der Waals surface area contributed by atoms with Crippen molar-refractivity contribution in [2.45, 2.75) is 0 Å². The van der Waals surface area contributed by atoms with E-state index in [0.29, 0.717) is 10.0 Å². The van der Waals surface area contributed by atoms with Crippen LogP contribution in [0.1, 0.15) is 11.1 Å². The van der Waals surface area contributed by atoms with Crippen molar-refractivity contribution < 1.29 is 4.79 Å². The van der Waals surface area contributed by atoms with Gasteiger partial charge in [0.15, 0.2) is 5.78 Å². The van der Waals surface area contributed by atoms with Crippen molar-refractivity contribution in [1.29, 1.82) is 0 Å². The van der Waals surface area contributed by atoms with Crippen LogP contribution in [0.4, 0.5) is 0 Å². The van der Waals surface area contributed by atoms with Gasteiger partial charge in [0, 0.05) is 10.0 Å². The first-order chi connectivity index (χ1) is 9.63. The van der Waals surface area contributed by atoms with Crippen molar-refractivity contribution in [2.75, 3.05) is 0 Å². The molecule has 2 rings (SSSR count). The topological polar surface area (TPSA) is 17.1 Å². The van der Waals surface area contributed by atoms with Crippen LogP contribution < -0.4 is 0 Å². The molecule has 0 heterocycles. The lowest BCUT2D eigenvalue weighted by molar-refractivity contribution is -0.110. The molecule has 0 aliphatic rings. The smallest absolute Gasteiger partial charge is 0.178 e.